The van der Waals surface area contributed by atoms with E-state index in [0.29, 0.717) is 5.39 Å². The van der Waals surface area contributed by atoms with Crippen LogP contribution in [-0.2, 0) is 4.79 Å². The standard InChI is InChI=1S/C14H10O6/c1-7(2)13(17)19-9-4-3-8-5-10(12(15)16)14(18)20-11(8)6-9/h3-6H,1H2,2H3,(H,15,16). The topological polar surface area (TPSA) is 93.8 Å². The molecule has 0 aliphatic carbocycles. The third-order valence-electron chi connectivity index (χ3n) is 2.50. The van der Waals surface area contributed by atoms with Crippen LogP contribution in [0.3, 0.4) is 0 Å². The number of carbonyl (C=O) groups is 2. The second-order valence-electron chi connectivity index (χ2n) is 4.12. The van der Waals surface area contributed by atoms with Gasteiger partial charge in [-0.1, -0.05) is 6.58 Å². The SMILES string of the molecule is C=C(C)C(=O)Oc1ccc2cc(C(=O)O)c(=O)oc2c1. The van der Waals surface area contributed by atoms with E-state index in [-0.39, 0.29) is 16.9 Å². The fraction of sp³-hybridized carbons (Fsp3) is 0.0714. The van der Waals surface area contributed by atoms with Crippen molar-refractivity contribution in [1.29, 1.82) is 0 Å². The number of rotatable bonds is 3. The molecule has 0 radical (unpaired) electrons. The first-order chi connectivity index (χ1) is 9.38. The van der Waals surface area contributed by atoms with Crippen LogP contribution in [-0.4, -0.2) is 17.0 Å². The zero-order valence-corrected chi connectivity index (χ0v) is 10.5. The average molecular weight is 274 g/mol. The monoisotopic (exact) mass is 274 g/mol. The van der Waals surface area contributed by atoms with E-state index in [1.165, 1.54) is 31.2 Å². The summed E-state index contributed by atoms with van der Waals surface area (Å²) in [5, 5.41) is 9.23. The van der Waals surface area contributed by atoms with Gasteiger partial charge in [-0.2, -0.15) is 0 Å². The molecule has 0 bridgehead atoms. The lowest BCUT2D eigenvalue weighted by atomic mass is 10.2. The van der Waals surface area contributed by atoms with E-state index in [1.54, 1.807) is 0 Å². The van der Waals surface area contributed by atoms with Crippen molar-refractivity contribution < 1.29 is 23.8 Å². The number of carboxylic acid groups (broad SMARTS) is 1. The number of esters is 1. The van der Waals surface area contributed by atoms with Crippen molar-refractivity contribution in [2.75, 3.05) is 0 Å². The van der Waals surface area contributed by atoms with E-state index < -0.39 is 23.1 Å². The van der Waals surface area contributed by atoms with Crippen LogP contribution in [0, 0.1) is 0 Å². The Balaban J connectivity index is 2.48. The number of hydrogen-bond acceptors (Lipinski definition) is 5. The van der Waals surface area contributed by atoms with Crippen molar-refractivity contribution in [3.63, 3.8) is 0 Å². The highest BCUT2D eigenvalue weighted by Gasteiger charge is 2.13. The zero-order chi connectivity index (χ0) is 14.9. The maximum atomic E-state index is 11.4. The molecule has 0 spiro atoms. The Morgan fingerprint density at radius 3 is 2.60 bits per heavy atom. The number of carbonyl (C=O) groups excluding carboxylic acids is 1. The molecular formula is C14H10O6. The average Bonchev–Trinajstić information content (AvgIpc) is 2.37. The summed E-state index contributed by atoms with van der Waals surface area (Å²) in [6.07, 6.45) is 0. The molecule has 6 nitrogen and oxygen atoms in total. The van der Waals surface area contributed by atoms with Gasteiger partial charge in [0.2, 0.25) is 0 Å². The van der Waals surface area contributed by atoms with Crippen LogP contribution in [0.5, 0.6) is 5.75 Å². The molecule has 1 aromatic carbocycles. The molecule has 0 aliphatic rings. The second-order valence-corrected chi connectivity index (χ2v) is 4.12. The number of carboxylic acids is 1. The van der Waals surface area contributed by atoms with Crippen LogP contribution in [0.2, 0.25) is 0 Å². The first kappa shape index (κ1) is 13.5. The quantitative estimate of drug-likeness (QED) is 0.398. The van der Waals surface area contributed by atoms with Gasteiger partial charge >= 0.3 is 17.6 Å². The molecule has 0 saturated carbocycles. The van der Waals surface area contributed by atoms with Crippen LogP contribution in [0.25, 0.3) is 11.0 Å². The van der Waals surface area contributed by atoms with Gasteiger partial charge in [-0.3, -0.25) is 0 Å². The highest BCUT2D eigenvalue weighted by molar-refractivity contribution is 5.92. The number of hydrogen-bond donors (Lipinski definition) is 1. The van der Waals surface area contributed by atoms with Gasteiger partial charge in [-0.05, 0) is 25.1 Å². The van der Waals surface area contributed by atoms with Crippen molar-refractivity contribution in [2.45, 2.75) is 6.92 Å². The molecule has 0 amide bonds. The number of benzene rings is 1. The molecule has 1 heterocycles. The van der Waals surface area contributed by atoms with Crippen molar-refractivity contribution in [1.82, 2.24) is 0 Å². The molecule has 0 aliphatic heterocycles. The third kappa shape index (κ3) is 2.59. The van der Waals surface area contributed by atoms with Gasteiger partial charge in [0, 0.05) is 17.0 Å². The summed E-state index contributed by atoms with van der Waals surface area (Å²) in [6.45, 7) is 4.95. The molecule has 1 aromatic heterocycles. The Morgan fingerprint density at radius 1 is 1.30 bits per heavy atom. The van der Waals surface area contributed by atoms with Gasteiger partial charge in [0.15, 0.2) is 0 Å². The first-order valence-corrected chi connectivity index (χ1v) is 5.57. The van der Waals surface area contributed by atoms with Crippen LogP contribution < -0.4 is 10.4 Å². The zero-order valence-electron chi connectivity index (χ0n) is 10.5. The van der Waals surface area contributed by atoms with Gasteiger partial charge in [0.05, 0.1) is 0 Å². The largest absolute Gasteiger partial charge is 0.477 e. The fourth-order valence-corrected chi connectivity index (χ4v) is 1.50. The summed E-state index contributed by atoms with van der Waals surface area (Å²) in [5.74, 6) is -1.79. The lowest BCUT2D eigenvalue weighted by Crippen LogP contribution is -2.13. The second kappa shape index (κ2) is 5.00. The van der Waals surface area contributed by atoms with E-state index in [9.17, 15) is 14.4 Å². The minimum absolute atomic E-state index is 0.131. The van der Waals surface area contributed by atoms with Crippen LogP contribution in [0.15, 0.2) is 45.6 Å². The molecule has 0 saturated heterocycles. The number of aromatic carboxylic acids is 1. The molecule has 0 atom stereocenters. The summed E-state index contributed by atoms with van der Waals surface area (Å²) in [4.78, 5) is 33.6. The normalized spacial score (nSPS) is 10.2. The Kier molecular flexibility index (Phi) is 3.39. The predicted molar refractivity (Wildman–Crippen MR) is 69.9 cm³/mol. The maximum Gasteiger partial charge on any atom is 0.351 e. The first-order valence-electron chi connectivity index (χ1n) is 5.57. The van der Waals surface area contributed by atoms with E-state index in [4.69, 9.17) is 14.3 Å². The van der Waals surface area contributed by atoms with Crippen LogP contribution in [0.1, 0.15) is 17.3 Å². The smallest absolute Gasteiger partial charge is 0.351 e. The maximum absolute atomic E-state index is 11.4. The molecule has 2 aromatic rings. The molecule has 0 unspecified atom stereocenters. The highest BCUT2D eigenvalue weighted by Crippen LogP contribution is 2.21. The van der Waals surface area contributed by atoms with Crippen LogP contribution in [0.4, 0.5) is 0 Å². The van der Waals surface area contributed by atoms with Gasteiger partial charge < -0.3 is 14.3 Å². The van der Waals surface area contributed by atoms with Crippen molar-refractivity contribution in [3.8, 4) is 5.75 Å². The van der Waals surface area contributed by atoms with Gasteiger partial charge in [0.25, 0.3) is 0 Å². The fourth-order valence-electron chi connectivity index (χ4n) is 1.50. The van der Waals surface area contributed by atoms with Crippen molar-refractivity contribution in [3.05, 3.63) is 52.4 Å². The Labute approximate surface area is 112 Å². The number of ether oxygens (including phenoxy) is 1. The minimum atomic E-state index is -1.36. The summed E-state index contributed by atoms with van der Waals surface area (Å²) in [6, 6.07) is 5.50. The Morgan fingerprint density at radius 2 is 2.00 bits per heavy atom. The molecular weight excluding hydrogens is 264 g/mol. The molecule has 102 valence electrons. The molecule has 20 heavy (non-hydrogen) atoms. The van der Waals surface area contributed by atoms with Gasteiger partial charge in [-0.15, -0.1) is 0 Å². The molecule has 6 heteroatoms. The van der Waals surface area contributed by atoms with Crippen LogP contribution >= 0.6 is 0 Å². The molecule has 2 rings (SSSR count). The molecule has 0 fully saturated rings. The van der Waals surface area contributed by atoms with E-state index in [2.05, 4.69) is 6.58 Å². The van der Waals surface area contributed by atoms with E-state index >= 15 is 0 Å². The van der Waals surface area contributed by atoms with Gasteiger partial charge in [-0.25, -0.2) is 14.4 Å². The van der Waals surface area contributed by atoms with E-state index in [1.807, 2.05) is 0 Å². The number of fused-ring (bicyclic) bond motifs is 1. The summed E-state index contributed by atoms with van der Waals surface area (Å²) >= 11 is 0. The summed E-state index contributed by atoms with van der Waals surface area (Å²) < 4.78 is 9.87. The Bertz CT molecular complexity index is 784. The molecule has 1 N–H and O–H groups in total. The lowest BCUT2D eigenvalue weighted by Gasteiger charge is -2.04. The highest BCUT2D eigenvalue weighted by atomic mass is 16.5. The summed E-state index contributed by atoms with van der Waals surface area (Å²) in [7, 11) is 0. The summed E-state index contributed by atoms with van der Waals surface area (Å²) in [5.41, 5.74) is -1.06. The third-order valence-corrected chi connectivity index (χ3v) is 2.50. The van der Waals surface area contributed by atoms with E-state index in [0.717, 1.165) is 0 Å². The minimum Gasteiger partial charge on any atom is -0.477 e. The Hall–Kier alpha value is -2.89. The predicted octanol–water partition coefficient (Wildman–Crippen LogP) is 1.97. The lowest BCUT2D eigenvalue weighted by molar-refractivity contribution is -0.130. The van der Waals surface area contributed by atoms with Crippen molar-refractivity contribution >= 4 is 22.9 Å². The van der Waals surface area contributed by atoms with Crippen molar-refractivity contribution in [2.24, 2.45) is 0 Å². The van der Waals surface area contributed by atoms with Gasteiger partial charge in [0.1, 0.15) is 16.9 Å².